The molecule has 5 heteroatoms. The van der Waals surface area contributed by atoms with Crippen LogP contribution < -0.4 is 0 Å². The quantitative estimate of drug-likeness (QED) is 0.359. The third kappa shape index (κ3) is 3.29. The number of aromatic nitrogens is 1. The predicted molar refractivity (Wildman–Crippen MR) is 88.2 cm³/mol. The van der Waals surface area contributed by atoms with E-state index in [-0.39, 0.29) is 5.78 Å². The molecule has 0 saturated heterocycles. The van der Waals surface area contributed by atoms with Gasteiger partial charge in [-0.05, 0) is 30.0 Å². The summed E-state index contributed by atoms with van der Waals surface area (Å²) < 4.78 is 2.32. The fourth-order valence-electron chi connectivity index (χ4n) is 1.87. The van der Waals surface area contributed by atoms with Gasteiger partial charge in [0, 0.05) is 12.2 Å². The monoisotopic (exact) mass is 319 g/mol. The molecule has 102 valence electrons. The van der Waals surface area contributed by atoms with Gasteiger partial charge in [-0.2, -0.15) is 0 Å². The Kier molecular flexibility index (Phi) is 4.50. The van der Waals surface area contributed by atoms with Gasteiger partial charge in [0.2, 0.25) is 0 Å². The lowest BCUT2D eigenvalue weighted by Crippen LogP contribution is -1.96. The van der Waals surface area contributed by atoms with Gasteiger partial charge >= 0.3 is 0 Å². The number of carbonyl (C=O) groups excluding carboxylic acids is 1. The lowest BCUT2D eigenvalue weighted by Gasteiger charge is -1.97. The van der Waals surface area contributed by atoms with E-state index >= 15 is 0 Å². The van der Waals surface area contributed by atoms with Gasteiger partial charge in [0.05, 0.1) is 15.1 Å². The molecule has 0 aliphatic carbocycles. The number of thioether (sulfide) groups is 1. The van der Waals surface area contributed by atoms with E-state index in [0.717, 1.165) is 26.9 Å². The van der Waals surface area contributed by atoms with Gasteiger partial charge < -0.3 is 0 Å². The molecule has 0 aliphatic heterocycles. The van der Waals surface area contributed by atoms with Crippen molar-refractivity contribution in [3.05, 3.63) is 46.7 Å². The van der Waals surface area contributed by atoms with Gasteiger partial charge in [-0.3, -0.25) is 4.79 Å². The van der Waals surface area contributed by atoms with Crippen LogP contribution in [0, 0.1) is 0 Å². The summed E-state index contributed by atoms with van der Waals surface area (Å²) in [6.07, 6.45) is 1.52. The molecule has 0 radical (unpaired) electrons. The molecular formula is C15H13NOS3. The van der Waals surface area contributed by atoms with E-state index in [1.54, 1.807) is 23.1 Å². The van der Waals surface area contributed by atoms with E-state index < -0.39 is 0 Å². The summed E-state index contributed by atoms with van der Waals surface area (Å²) >= 11 is 4.99. The number of hydrogen-bond acceptors (Lipinski definition) is 5. The first-order chi connectivity index (χ1) is 9.83. The van der Waals surface area contributed by atoms with Crippen LogP contribution in [0.15, 0.2) is 46.1 Å². The Hall–Kier alpha value is -1.17. The van der Waals surface area contributed by atoms with Crippen LogP contribution >= 0.6 is 34.4 Å². The second kappa shape index (κ2) is 6.52. The fraction of sp³-hybridized carbons (Fsp3) is 0.200. The molecule has 0 atom stereocenters. The average Bonchev–Trinajstić information content (AvgIpc) is 3.11. The first-order valence-electron chi connectivity index (χ1n) is 6.38. The molecule has 0 spiro atoms. The van der Waals surface area contributed by atoms with Crippen molar-refractivity contribution in [2.24, 2.45) is 0 Å². The number of carbonyl (C=O) groups is 1. The molecule has 0 saturated carbocycles. The second-order valence-corrected chi connectivity index (χ2v) is 7.62. The lowest BCUT2D eigenvalue weighted by atomic mass is 10.2. The largest absolute Gasteiger partial charge is 0.293 e. The number of hydrogen-bond donors (Lipinski definition) is 0. The SMILES string of the molecule is O=C(CCCSc1nc2ccccc2s1)c1cccs1. The molecule has 0 aliphatic rings. The van der Waals surface area contributed by atoms with Crippen LogP contribution in [0.3, 0.4) is 0 Å². The Morgan fingerprint density at radius 1 is 1.20 bits per heavy atom. The van der Waals surface area contributed by atoms with Gasteiger partial charge in [0.1, 0.15) is 0 Å². The first-order valence-corrected chi connectivity index (χ1v) is 9.06. The van der Waals surface area contributed by atoms with Crippen LogP contribution in [0.4, 0.5) is 0 Å². The molecule has 0 unspecified atom stereocenters. The summed E-state index contributed by atoms with van der Waals surface area (Å²) in [6, 6.07) is 12.0. The minimum absolute atomic E-state index is 0.255. The molecule has 2 nitrogen and oxygen atoms in total. The van der Waals surface area contributed by atoms with E-state index in [1.165, 1.54) is 16.0 Å². The van der Waals surface area contributed by atoms with Gasteiger partial charge in [-0.1, -0.05) is 30.0 Å². The van der Waals surface area contributed by atoms with Crippen LogP contribution in [-0.2, 0) is 0 Å². The Labute approximate surface area is 129 Å². The number of fused-ring (bicyclic) bond motifs is 1. The highest BCUT2D eigenvalue weighted by Crippen LogP contribution is 2.29. The summed E-state index contributed by atoms with van der Waals surface area (Å²) in [7, 11) is 0. The van der Waals surface area contributed by atoms with Crippen molar-refractivity contribution in [1.29, 1.82) is 0 Å². The molecule has 0 amide bonds. The van der Waals surface area contributed by atoms with Crippen LogP contribution in [0.5, 0.6) is 0 Å². The van der Waals surface area contributed by atoms with Crippen molar-refractivity contribution in [2.45, 2.75) is 17.2 Å². The Morgan fingerprint density at radius 3 is 2.90 bits per heavy atom. The van der Waals surface area contributed by atoms with Gasteiger partial charge in [-0.25, -0.2) is 4.98 Å². The van der Waals surface area contributed by atoms with Crippen molar-refractivity contribution in [3.8, 4) is 0 Å². The normalized spacial score (nSPS) is 11.0. The van der Waals surface area contributed by atoms with Crippen molar-refractivity contribution >= 4 is 50.4 Å². The molecule has 0 fully saturated rings. The van der Waals surface area contributed by atoms with Crippen molar-refractivity contribution < 1.29 is 4.79 Å². The highest BCUT2D eigenvalue weighted by Gasteiger charge is 2.07. The summed E-state index contributed by atoms with van der Waals surface area (Å²) in [5.41, 5.74) is 1.06. The van der Waals surface area contributed by atoms with E-state index in [2.05, 4.69) is 11.1 Å². The third-order valence-electron chi connectivity index (χ3n) is 2.84. The first kappa shape index (κ1) is 13.8. The predicted octanol–water partition coefficient (Wildman–Crippen LogP) is 5.11. The van der Waals surface area contributed by atoms with Gasteiger partial charge in [0.25, 0.3) is 0 Å². The van der Waals surface area contributed by atoms with Crippen LogP contribution in [0.25, 0.3) is 10.2 Å². The number of thiophene rings is 1. The molecular weight excluding hydrogens is 306 g/mol. The zero-order valence-electron chi connectivity index (χ0n) is 10.7. The van der Waals surface area contributed by atoms with Crippen LogP contribution in [-0.4, -0.2) is 16.5 Å². The minimum Gasteiger partial charge on any atom is -0.293 e. The number of rotatable bonds is 6. The molecule has 0 N–H and O–H groups in total. The molecule has 3 rings (SSSR count). The highest BCUT2D eigenvalue weighted by molar-refractivity contribution is 8.01. The Balaban J connectivity index is 1.49. The average molecular weight is 319 g/mol. The van der Waals surface area contributed by atoms with E-state index in [4.69, 9.17) is 0 Å². The molecule has 2 heterocycles. The second-order valence-electron chi connectivity index (χ2n) is 4.30. The van der Waals surface area contributed by atoms with E-state index in [0.29, 0.717) is 6.42 Å². The summed E-state index contributed by atoms with van der Waals surface area (Å²) in [5, 5.41) is 1.95. The standard InChI is InChI=1S/C15H13NOS3/c17-12(14-8-4-9-18-14)6-3-10-19-15-16-11-5-1-2-7-13(11)20-15/h1-2,4-5,7-9H,3,6,10H2. The van der Waals surface area contributed by atoms with Crippen molar-refractivity contribution in [3.63, 3.8) is 0 Å². The summed E-state index contributed by atoms with van der Waals surface area (Å²) in [5.74, 6) is 1.20. The smallest absolute Gasteiger partial charge is 0.172 e. The maximum Gasteiger partial charge on any atom is 0.172 e. The third-order valence-corrected chi connectivity index (χ3v) is 6.02. The van der Waals surface area contributed by atoms with E-state index in [9.17, 15) is 4.79 Å². The maximum atomic E-state index is 11.8. The van der Waals surface area contributed by atoms with Crippen molar-refractivity contribution in [2.75, 3.05) is 5.75 Å². The Bertz CT molecular complexity index is 670. The molecule has 1 aromatic carbocycles. The number of Topliss-reactive ketones (excluding diaryl/α,β-unsaturated/α-hetero) is 1. The van der Waals surface area contributed by atoms with Crippen LogP contribution in [0.1, 0.15) is 22.5 Å². The van der Waals surface area contributed by atoms with Crippen molar-refractivity contribution in [1.82, 2.24) is 4.98 Å². The lowest BCUT2D eigenvalue weighted by molar-refractivity contribution is 0.0986. The molecule has 2 aromatic heterocycles. The highest BCUT2D eigenvalue weighted by atomic mass is 32.2. The van der Waals surface area contributed by atoms with Crippen LogP contribution in [0.2, 0.25) is 0 Å². The number of nitrogens with zero attached hydrogens (tertiary/aromatic N) is 1. The fourth-order valence-corrected chi connectivity index (χ4v) is 4.64. The van der Waals surface area contributed by atoms with Gasteiger partial charge in [-0.15, -0.1) is 22.7 Å². The Morgan fingerprint density at radius 2 is 2.10 bits per heavy atom. The van der Waals surface area contributed by atoms with Gasteiger partial charge in [0.15, 0.2) is 10.1 Å². The topological polar surface area (TPSA) is 30.0 Å². The number of ketones is 1. The molecule has 3 aromatic rings. The molecule has 0 bridgehead atoms. The zero-order chi connectivity index (χ0) is 13.8. The number of benzene rings is 1. The molecule has 20 heavy (non-hydrogen) atoms. The summed E-state index contributed by atoms with van der Waals surface area (Å²) in [4.78, 5) is 17.3. The zero-order valence-corrected chi connectivity index (χ0v) is 13.2. The van der Waals surface area contributed by atoms with E-state index in [1.807, 2.05) is 35.7 Å². The number of thiazole rings is 1. The number of para-hydroxylation sites is 1. The summed E-state index contributed by atoms with van der Waals surface area (Å²) in [6.45, 7) is 0. The maximum absolute atomic E-state index is 11.8. The minimum atomic E-state index is 0.255.